The number of likely N-dealkylation sites (tertiary alicyclic amines) is 2. The van der Waals surface area contributed by atoms with Crippen molar-refractivity contribution in [2.45, 2.75) is 58.9 Å². The number of rotatable bonds is 7. The average Bonchev–Trinajstić information content (AvgIpc) is 3.23. The van der Waals surface area contributed by atoms with Gasteiger partial charge in [0.2, 0.25) is 11.8 Å². The van der Waals surface area contributed by atoms with Gasteiger partial charge in [-0.3, -0.25) is 14.5 Å². The molecule has 3 rings (SSSR count). The lowest BCUT2D eigenvalue weighted by molar-refractivity contribution is -0.136. The number of hydrogen-bond acceptors (Lipinski definition) is 3. The van der Waals surface area contributed by atoms with Gasteiger partial charge in [-0.05, 0) is 69.2 Å². The van der Waals surface area contributed by atoms with Gasteiger partial charge in [0.25, 0.3) is 0 Å². The third-order valence-corrected chi connectivity index (χ3v) is 6.22. The van der Waals surface area contributed by atoms with Crippen molar-refractivity contribution in [2.24, 2.45) is 11.8 Å². The minimum Gasteiger partial charge on any atom is -0.348 e. The van der Waals surface area contributed by atoms with E-state index in [4.69, 9.17) is 0 Å². The zero-order chi connectivity index (χ0) is 20.8. The minimum atomic E-state index is 0.00452. The van der Waals surface area contributed by atoms with Crippen LogP contribution < -0.4 is 5.32 Å². The Morgan fingerprint density at radius 1 is 1.00 bits per heavy atom. The summed E-state index contributed by atoms with van der Waals surface area (Å²) in [5.74, 6) is 1.19. The van der Waals surface area contributed by atoms with Crippen molar-refractivity contribution < 1.29 is 9.59 Å². The molecule has 5 nitrogen and oxygen atoms in total. The van der Waals surface area contributed by atoms with E-state index in [1.807, 2.05) is 11.8 Å². The molecule has 2 aliphatic rings. The Kier molecular flexibility index (Phi) is 7.70. The maximum absolute atomic E-state index is 12.5. The van der Waals surface area contributed by atoms with Crippen LogP contribution in [0.2, 0.25) is 0 Å². The van der Waals surface area contributed by atoms with Crippen LogP contribution in [0.5, 0.6) is 0 Å². The summed E-state index contributed by atoms with van der Waals surface area (Å²) >= 11 is 0. The molecule has 2 heterocycles. The molecule has 2 saturated heterocycles. The van der Waals surface area contributed by atoms with Crippen molar-refractivity contribution in [2.75, 3.05) is 32.7 Å². The molecule has 1 atom stereocenters. The Bertz CT molecular complexity index is 672. The van der Waals surface area contributed by atoms with Gasteiger partial charge >= 0.3 is 0 Å². The Morgan fingerprint density at radius 3 is 2.21 bits per heavy atom. The molecule has 1 N–H and O–H groups in total. The number of piperidine rings is 1. The summed E-state index contributed by atoms with van der Waals surface area (Å²) < 4.78 is 0. The van der Waals surface area contributed by atoms with Crippen molar-refractivity contribution in [1.82, 2.24) is 15.1 Å². The number of hydrogen-bond donors (Lipinski definition) is 1. The maximum Gasteiger partial charge on any atom is 0.234 e. The second-order valence-electron chi connectivity index (χ2n) is 9.21. The number of benzene rings is 1. The predicted molar refractivity (Wildman–Crippen MR) is 117 cm³/mol. The molecule has 0 bridgehead atoms. The van der Waals surface area contributed by atoms with Crippen molar-refractivity contribution >= 4 is 11.8 Å². The van der Waals surface area contributed by atoms with Crippen molar-refractivity contribution in [1.29, 1.82) is 0 Å². The molecular formula is C24H37N3O2. The molecule has 0 saturated carbocycles. The molecule has 2 aliphatic heterocycles. The molecule has 1 unspecified atom stereocenters. The highest BCUT2D eigenvalue weighted by atomic mass is 16.2. The van der Waals surface area contributed by atoms with Gasteiger partial charge in [0, 0.05) is 19.0 Å². The lowest BCUT2D eigenvalue weighted by Gasteiger charge is -2.32. The first kappa shape index (κ1) is 21.8. The molecule has 29 heavy (non-hydrogen) atoms. The highest BCUT2D eigenvalue weighted by Crippen LogP contribution is 2.22. The molecule has 0 aromatic heterocycles. The summed E-state index contributed by atoms with van der Waals surface area (Å²) in [6.07, 6.45) is 5.11. The monoisotopic (exact) mass is 399 g/mol. The molecule has 2 fully saturated rings. The van der Waals surface area contributed by atoms with Gasteiger partial charge in [-0.15, -0.1) is 0 Å². The van der Waals surface area contributed by atoms with E-state index < -0.39 is 0 Å². The summed E-state index contributed by atoms with van der Waals surface area (Å²) in [4.78, 5) is 29.3. The van der Waals surface area contributed by atoms with E-state index in [1.54, 1.807) is 0 Å². The average molecular weight is 400 g/mol. The fourth-order valence-electron chi connectivity index (χ4n) is 4.52. The first-order chi connectivity index (χ1) is 13.9. The zero-order valence-corrected chi connectivity index (χ0v) is 18.3. The van der Waals surface area contributed by atoms with Gasteiger partial charge < -0.3 is 10.2 Å². The van der Waals surface area contributed by atoms with Crippen LogP contribution in [0.4, 0.5) is 0 Å². The van der Waals surface area contributed by atoms with Gasteiger partial charge in [-0.2, -0.15) is 0 Å². The van der Waals surface area contributed by atoms with E-state index in [-0.39, 0.29) is 17.9 Å². The van der Waals surface area contributed by atoms with E-state index in [0.717, 1.165) is 63.8 Å². The van der Waals surface area contributed by atoms with Crippen molar-refractivity contribution in [3.05, 3.63) is 35.4 Å². The lowest BCUT2D eigenvalue weighted by atomic mass is 9.95. The molecule has 160 valence electrons. The highest BCUT2D eigenvalue weighted by Gasteiger charge is 2.30. The smallest absolute Gasteiger partial charge is 0.234 e. The van der Waals surface area contributed by atoms with E-state index in [1.165, 1.54) is 5.56 Å². The van der Waals surface area contributed by atoms with Crippen molar-refractivity contribution in [3.63, 3.8) is 0 Å². The van der Waals surface area contributed by atoms with E-state index in [0.29, 0.717) is 18.4 Å². The summed E-state index contributed by atoms with van der Waals surface area (Å²) in [5.41, 5.74) is 2.48. The van der Waals surface area contributed by atoms with E-state index >= 15 is 0 Å². The van der Waals surface area contributed by atoms with Gasteiger partial charge in [0.15, 0.2) is 0 Å². The Morgan fingerprint density at radius 2 is 1.62 bits per heavy atom. The Hall–Kier alpha value is -1.88. The molecule has 0 aliphatic carbocycles. The SMILES string of the molecule is CC(C)Cc1ccc(C(C)NC(=O)CN2CCC(C(=O)N3CCCC3)CC2)cc1. The van der Waals surface area contributed by atoms with Gasteiger partial charge in [-0.1, -0.05) is 38.1 Å². The fraction of sp³-hybridized carbons (Fsp3) is 0.667. The third kappa shape index (κ3) is 6.30. The predicted octanol–water partition coefficient (Wildman–Crippen LogP) is 3.40. The molecule has 0 radical (unpaired) electrons. The zero-order valence-electron chi connectivity index (χ0n) is 18.3. The summed E-state index contributed by atoms with van der Waals surface area (Å²) in [7, 11) is 0. The standard InChI is InChI=1S/C24H37N3O2/c1-18(2)16-20-6-8-21(9-7-20)19(3)25-23(28)17-26-14-10-22(11-15-26)24(29)27-12-4-5-13-27/h6-9,18-19,22H,4-5,10-17H2,1-3H3,(H,25,28). The molecule has 0 spiro atoms. The van der Waals surface area contributed by atoms with Gasteiger partial charge in [-0.25, -0.2) is 0 Å². The largest absolute Gasteiger partial charge is 0.348 e. The molecule has 1 aromatic carbocycles. The van der Waals surface area contributed by atoms with E-state index in [9.17, 15) is 9.59 Å². The fourth-order valence-corrected chi connectivity index (χ4v) is 4.52. The van der Waals surface area contributed by atoms with Crippen molar-refractivity contribution in [3.8, 4) is 0 Å². The molecular weight excluding hydrogens is 362 g/mol. The summed E-state index contributed by atoms with van der Waals surface area (Å²) in [6.45, 7) is 10.4. The van der Waals surface area contributed by atoms with Crippen LogP contribution in [0.25, 0.3) is 0 Å². The van der Waals surface area contributed by atoms with Gasteiger partial charge in [0.05, 0.1) is 12.6 Å². The number of carbonyl (C=O) groups excluding carboxylic acids is 2. The highest BCUT2D eigenvalue weighted by molar-refractivity contribution is 5.80. The van der Waals surface area contributed by atoms with E-state index in [2.05, 4.69) is 48.3 Å². The lowest BCUT2D eigenvalue weighted by Crippen LogP contribution is -2.45. The maximum atomic E-state index is 12.5. The topological polar surface area (TPSA) is 52.7 Å². The number of carbonyl (C=O) groups is 2. The third-order valence-electron chi connectivity index (χ3n) is 6.22. The normalized spacial score (nSPS) is 19.5. The second-order valence-corrected chi connectivity index (χ2v) is 9.21. The molecule has 2 amide bonds. The summed E-state index contributed by atoms with van der Waals surface area (Å²) in [6, 6.07) is 8.58. The number of nitrogens with one attached hydrogen (secondary N) is 1. The first-order valence-corrected chi connectivity index (χ1v) is 11.3. The van der Waals surface area contributed by atoms with Crippen LogP contribution in [0.3, 0.4) is 0 Å². The number of amides is 2. The van der Waals surface area contributed by atoms with Crippen LogP contribution >= 0.6 is 0 Å². The minimum absolute atomic E-state index is 0.00452. The van der Waals surface area contributed by atoms with Crippen LogP contribution in [0.15, 0.2) is 24.3 Å². The molecule has 1 aromatic rings. The second kappa shape index (κ2) is 10.2. The van der Waals surface area contributed by atoms with Crippen LogP contribution in [0.1, 0.15) is 63.6 Å². The van der Waals surface area contributed by atoms with Crippen LogP contribution in [-0.2, 0) is 16.0 Å². The van der Waals surface area contributed by atoms with Crippen LogP contribution in [-0.4, -0.2) is 54.3 Å². The van der Waals surface area contributed by atoms with Crippen LogP contribution in [0, 0.1) is 11.8 Å². The quantitative estimate of drug-likeness (QED) is 0.765. The summed E-state index contributed by atoms with van der Waals surface area (Å²) in [5, 5.41) is 3.13. The molecule has 5 heteroatoms. The first-order valence-electron chi connectivity index (χ1n) is 11.3. The Labute approximate surface area is 175 Å². The Balaban J connectivity index is 1.41. The number of nitrogens with zero attached hydrogens (tertiary/aromatic N) is 2. The van der Waals surface area contributed by atoms with Gasteiger partial charge in [0.1, 0.15) is 0 Å².